The van der Waals surface area contributed by atoms with Crippen LogP contribution in [0.4, 0.5) is 0 Å². The van der Waals surface area contributed by atoms with Crippen LogP contribution in [0, 0.1) is 12.8 Å². The lowest BCUT2D eigenvalue weighted by Gasteiger charge is -2.29. The number of benzene rings is 2. The molecule has 2 aromatic carbocycles. The van der Waals surface area contributed by atoms with E-state index < -0.39 is 5.60 Å². The SMILES string of the molecule is Cc1ccccc1OCC(=O)NCC(O)(c1ccccc1)C1CC1. The Morgan fingerprint density at radius 1 is 1.17 bits per heavy atom. The van der Waals surface area contributed by atoms with Gasteiger partial charge in [-0.05, 0) is 42.9 Å². The minimum Gasteiger partial charge on any atom is -0.484 e. The summed E-state index contributed by atoms with van der Waals surface area (Å²) < 4.78 is 5.55. The van der Waals surface area contributed by atoms with Gasteiger partial charge in [0, 0.05) is 0 Å². The van der Waals surface area contributed by atoms with E-state index in [1.807, 2.05) is 61.5 Å². The lowest BCUT2D eigenvalue weighted by Crippen LogP contribution is -2.43. The van der Waals surface area contributed by atoms with Crippen LogP contribution in [0.15, 0.2) is 54.6 Å². The van der Waals surface area contributed by atoms with Crippen molar-refractivity contribution in [3.05, 3.63) is 65.7 Å². The quantitative estimate of drug-likeness (QED) is 0.823. The second-order valence-corrected chi connectivity index (χ2v) is 6.40. The maximum absolute atomic E-state index is 12.1. The maximum atomic E-state index is 12.1. The summed E-state index contributed by atoms with van der Waals surface area (Å²) in [4.78, 5) is 12.1. The van der Waals surface area contributed by atoms with Crippen molar-refractivity contribution in [1.29, 1.82) is 0 Å². The van der Waals surface area contributed by atoms with E-state index >= 15 is 0 Å². The van der Waals surface area contributed by atoms with E-state index in [9.17, 15) is 9.90 Å². The molecule has 2 N–H and O–H groups in total. The van der Waals surface area contributed by atoms with Crippen molar-refractivity contribution in [2.24, 2.45) is 5.92 Å². The first-order valence-corrected chi connectivity index (χ1v) is 8.32. The predicted octanol–water partition coefficient (Wildman–Crippen LogP) is 2.79. The van der Waals surface area contributed by atoms with Gasteiger partial charge in [-0.25, -0.2) is 0 Å². The lowest BCUT2D eigenvalue weighted by atomic mass is 9.88. The van der Waals surface area contributed by atoms with Gasteiger partial charge in [-0.3, -0.25) is 4.79 Å². The minimum atomic E-state index is -1.00. The van der Waals surface area contributed by atoms with Gasteiger partial charge in [-0.1, -0.05) is 48.5 Å². The molecule has 1 saturated carbocycles. The molecule has 1 fully saturated rings. The Hall–Kier alpha value is -2.33. The predicted molar refractivity (Wildman–Crippen MR) is 92.7 cm³/mol. The molecule has 1 atom stereocenters. The summed E-state index contributed by atoms with van der Waals surface area (Å²) in [5.74, 6) is 0.680. The van der Waals surface area contributed by atoms with Gasteiger partial charge in [0.15, 0.2) is 6.61 Å². The third kappa shape index (κ3) is 3.77. The lowest BCUT2D eigenvalue weighted by molar-refractivity contribution is -0.124. The highest BCUT2D eigenvalue weighted by Crippen LogP contribution is 2.45. The fraction of sp³-hybridized carbons (Fsp3) is 0.350. The summed E-state index contributed by atoms with van der Waals surface area (Å²) in [6.07, 6.45) is 1.97. The van der Waals surface area contributed by atoms with Crippen molar-refractivity contribution in [1.82, 2.24) is 5.32 Å². The fourth-order valence-electron chi connectivity index (χ4n) is 2.92. The van der Waals surface area contributed by atoms with E-state index in [0.29, 0.717) is 5.75 Å². The van der Waals surface area contributed by atoms with Gasteiger partial charge in [0.2, 0.25) is 0 Å². The van der Waals surface area contributed by atoms with E-state index in [-0.39, 0.29) is 25.0 Å². The van der Waals surface area contributed by atoms with E-state index in [1.165, 1.54) is 0 Å². The molecule has 3 rings (SSSR count). The van der Waals surface area contributed by atoms with Gasteiger partial charge < -0.3 is 15.2 Å². The smallest absolute Gasteiger partial charge is 0.258 e. The number of rotatable bonds is 7. The van der Waals surface area contributed by atoms with Crippen LogP contribution in [0.25, 0.3) is 0 Å². The molecular weight excluding hydrogens is 302 g/mol. The van der Waals surface area contributed by atoms with E-state index in [1.54, 1.807) is 0 Å². The topological polar surface area (TPSA) is 58.6 Å². The molecule has 2 aromatic rings. The molecular formula is C20H23NO3. The molecule has 126 valence electrons. The molecule has 1 aliphatic carbocycles. The van der Waals surface area contributed by atoms with Crippen LogP contribution < -0.4 is 10.1 Å². The summed E-state index contributed by atoms with van der Waals surface area (Å²) in [5.41, 5.74) is 0.844. The standard InChI is InChI=1S/C20H23NO3/c1-15-7-5-6-10-18(15)24-13-19(22)21-14-20(23,17-11-12-17)16-8-3-2-4-9-16/h2-10,17,23H,11-14H2,1H3,(H,21,22). The summed E-state index contributed by atoms with van der Waals surface area (Å²) in [6, 6.07) is 17.1. The Morgan fingerprint density at radius 3 is 2.50 bits per heavy atom. The van der Waals surface area contributed by atoms with Crippen LogP contribution in [0.1, 0.15) is 24.0 Å². The highest BCUT2D eigenvalue weighted by atomic mass is 16.5. The molecule has 0 aliphatic heterocycles. The number of hydrogen-bond acceptors (Lipinski definition) is 3. The average molecular weight is 325 g/mol. The summed E-state index contributed by atoms with van der Waals surface area (Å²) in [5, 5.41) is 13.9. The van der Waals surface area contributed by atoms with Crippen LogP contribution >= 0.6 is 0 Å². The van der Waals surface area contributed by atoms with Gasteiger partial charge in [0.1, 0.15) is 11.4 Å². The highest BCUT2D eigenvalue weighted by molar-refractivity contribution is 5.77. The zero-order chi connectivity index (χ0) is 17.0. The van der Waals surface area contributed by atoms with E-state index in [4.69, 9.17) is 4.74 Å². The fourth-order valence-corrected chi connectivity index (χ4v) is 2.92. The number of carbonyl (C=O) groups excluding carboxylic acids is 1. The van der Waals surface area contributed by atoms with Crippen LogP contribution in [-0.2, 0) is 10.4 Å². The molecule has 1 aliphatic rings. The molecule has 0 bridgehead atoms. The zero-order valence-corrected chi connectivity index (χ0v) is 13.9. The van der Waals surface area contributed by atoms with Gasteiger partial charge >= 0.3 is 0 Å². The van der Waals surface area contributed by atoms with E-state index in [0.717, 1.165) is 24.0 Å². The number of aliphatic hydroxyl groups is 1. The Labute approximate surface area is 142 Å². The molecule has 0 saturated heterocycles. The largest absolute Gasteiger partial charge is 0.484 e. The molecule has 0 radical (unpaired) electrons. The van der Waals surface area contributed by atoms with Gasteiger partial charge in [-0.15, -0.1) is 0 Å². The highest BCUT2D eigenvalue weighted by Gasteiger charge is 2.45. The number of hydrogen-bond donors (Lipinski definition) is 2. The van der Waals surface area contributed by atoms with Crippen LogP contribution in [-0.4, -0.2) is 24.2 Å². The second-order valence-electron chi connectivity index (χ2n) is 6.40. The summed E-state index contributed by atoms with van der Waals surface area (Å²) in [6.45, 7) is 2.09. The minimum absolute atomic E-state index is 0.0552. The number of ether oxygens (including phenoxy) is 1. The number of amides is 1. The van der Waals surface area contributed by atoms with Gasteiger partial charge in [0.05, 0.1) is 6.54 Å². The Morgan fingerprint density at radius 2 is 1.83 bits per heavy atom. The van der Waals surface area contributed by atoms with Crippen molar-refractivity contribution < 1.29 is 14.6 Å². The van der Waals surface area contributed by atoms with Crippen molar-refractivity contribution in [2.75, 3.05) is 13.2 Å². The Bertz CT molecular complexity index is 697. The number of para-hydroxylation sites is 1. The normalized spacial score (nSPS) is 16.2. The number of aryl methyl sites for hydroxylation is 1. The van der Waals surface area contributed by atoms with Crippen molar-refractivity contribution in [3.63, 3.8) is 0 Å². The zero-order valence-electron chi connectivity index (χ0n) is 13.9. The Kier molecular flexibility index (Phi) is 4.86. The van der Waals surface area contributed by atoms with Crippen molar-refractivity contribution in [3.8, 4) is 5.75 Å². The summed E-state index contributed by atoms with van der Waals surface area (Å²) >= 11 is 0. The molecule has 0 aromatic heterocycles. The first kappa shape index (κ1) is 16.5. The Balaban J connectivity index is 1.57. The molecule has 0 spiro atoms. The number of carbonyl (C=O) groups is 1. The van der Waals surface area contributed by atoms with Gasteiger partial charge in [0.25, 0.3) is 5.91 Å². The molecule has 4 heteroatoms. The molecule has 4 nitrogen and oxygen atoms in total. The van der Waals surface area contributed by atoms with Crippen LogP contribution in [0.3, 0.4) is 0 Å². The second kappa shape index (κ2) is 7.05. The number of nitrogens with one attached hydrogen (secondary N) is 1. The monoisotopic (exact) mass is 325 g/mol. The molecule has 1 unspecified atom stereocenters. The molecule has 1 amide bonds. The van der Waals surface area contributed by atoms with E-state index in [2.05, 4.69) is 5.32 Å². The van der Waals surface area contributed by atoms with Crippen molar-refractivity contribution >= 4 is 5.91 Å². The van der Waals surface area contributed by atoms with Crippen molar-refractivity contribution in [2.45, 2.75) is 25.4 Å². The maximum Gasteiger partial charge on any atom is 0.258 e. The molecule has 24 heavy (non-hydrogen) atoms. The first-order valence-electron chi connectivity index (χ1n) is 8.32. The summed E-state index contributed by atoms with van der Waals surface area (Å²) in [7, 11) is 0. The van der Waals surface area contributed by atoms with Gasteiger partial charge in [-0.2, -0.15) is 0 Å². The van der Waals surface area contributed by atoms with Crippen LogP contribution in [0.2, 0.25) is 0 Å². The van der Waals surface area contributed by atoms with Crippen LogP contribution in [0.5, 0.6) is 5.75 Å². The third-order valence-corrected chi connectivity index (χ3v) is 4.53. The molecule has 0 heterocycles. The first-order chi connectivity index (χ1) is 11.6. The third-order valence-electron chi connectivity index (χ3n) is 4.53. The average Bonchev–Trinajstić information content (AvgIpc) is 3.45.